The van der Waals surface area contributed by atoms with Crippen LogP contribution in [-0.4, -0.2) is 34.2 Å². The molecule has 0 bridgehead atoms. The van der Waals surface area contributed by atoms with Gasteiger partial charge in [0.05, 0.1) is 15.3 Å². The van der Waals surface area contributed by atoms with E-state index in [2.05, 4.69) is 37.2 Å². The van der Waals surface area contributed by atoms with Crippen molar-refractivity contribution in [2.75, 3.05) is 19.0 Å². The highest BCUT2D eigenvalue weighted by Crippen LogP contribution is 2.48. The Morgan fingerprint density at radius 3 is 2.06 bits per heavy atom. The number of anilines is 1. The number of nitro groups is 2. The molecule has 0 fully saturated rings. The fraction of sp³-hybridized carbons (Fsp3) is 0.320. The summed E-state index contributed by atoms with van der Waals surface area (Å²) in [4.78, 5) is 23.8. The second kappa shape index (κ2) is 8.61. The number of likely N-dealkylation sites (N-methyl/N-ethyl adjacent to an activating group) is 1. The first-order chi connectivity index (χ1) is 15.4. The number of benzene rings is 2. The van der Waals surface area contributed by atoms with Crippen LogP contribution in [0.15, 0.2) is 60.3 Å². The summed E-state index contributed by atoms with van der Waals surface area (Å²) in [5.41, 5.74) is 5.19. The van der Waals surface area contributed by atoms with Gasteiger partial charge in [-0.15, -0.1) is 0 Å². The Bertz CT molecular complexity index is 1310. The number of hydrogen-bond acceptors (Lipinski definition) is 5. The van der Waals surface area contributed by atoms with Gasteiger partial charge in [0.2, 0.25) is 5.69 Å². The van der Waals surface area contributed by atoms with E-state index in [0.717, 1.165) is 33.9 Å². The molecule has 0 saturated carbocycles. The lowest BCUT2D eigenvalue weighted by Crippen LogP contribution is -3.00. The molecule has 0 aliphatic carbocycles. The Hall–Kier alpha value is -3.08. The SMILES string of the molecule is CN1C(=CC=CC2=[N+](C)c3ccc([N+](=O)[O-])cc3C2(C)C)C(C)(C)c2cc([N+](=O)[O-])ccc21.[I-]. The van der Waals surface area contributed by atoms with Crippen molar-refractivity contribution in [3.63, 3.8) is 0 Å². The number of rotatable bonds is 4. The summed E-state index contributed by atoms with van der Waals surface area (Å²) in [6.07, 6.45) is 6.06. The standard InChI is InChI=1S/C25H27N4O4.HI/c1-24(2)18-14-16(28(30)31)10-12-20(18)26(5)22(24)8-7-9-23-25(3,4)19-15-17(29(32)33)11-13-21(19)27(23)6;/h7-15H,1-6H3;1H/q+1;/p-1. The highest BCUT2D eigenvalue weighted by Gasteiger charge is 2.44. The quantitative estimate of drug-likeness (QED) is 0.242. The van der Waals surface area contributed by atoms with Gasteiger partial charge in [-0.25, -0.2) is 0 Å². The van der Waals surface area contributed by atoms with E-state index < -0.39 is 10.8 Å². The van der Waals surface area contributed by atoms with Crippen molar-refractivity contribution < 1.29 is 38.4 Å². The first kappa shape index (κ1) is 25.5. The van der Waals surface area contributed by atoms with E-state index in [4.69, 9.17) is 0 Å². The van der Waals surface area contributed by atoms with E-state index in [9.17, 15) is 20.2 Å². The molecule has 178 valence electrons. The molecule has 0 radical (unpaired) electrons. The van der Waals surface area contributed by atoms with E-state index in [1.165, 1.54) is 12.1 Å². The number of allylic oxidation sites excluding steroid dienone is 4. The van der Waals surface area contributed by atoms with Gasteiger partial charge in [0.15, 0.2) is 5.71 Å². The fourth-order valence-corrected chi connectivity index (χ4v) is 5.11. The predicted octanol–water partition coefficient (Wildman–Crippen LogP) is 2.38. The molecule has 8 nitrogen and oxygen atoms in total. The first-order valence-corrected chi connectivity index (χ1v) is 10.7. The first-order valence-electron chi connectivity index (χ1n) is 10.7. The summed E-state index contributed by atoms with van der Waals surface area (Å²) in [7, 11) is 3.93. The van der Waals surface area contributed by atoms with Crippen molar-refractivity contribution in [1.82, 2.24) is 0 Å². The van der Waals surface area contributed by atoms with Gasteiger partial charge >= 0.3 is 0 Å². The molecular weight excluding hydrogens is 547 g/mol. The van der Waals surface area contributed by atoms with E-state index in [1.54, 1.807) is 24.3 Å². The topological polar surface area (TPSA) is 92.5 Å². The second-order valence-electron chi connectivity index (χ2n) is 9.58. The minimum absolute atomic E-state index is 0. The van der Waals surface area contributed by atoms with Crippen molar-refractivity contribution >= 4 is 28.5 Å². The van der Waals surface area contributed by atoms with Gasteiger partial charge in [0.25, 0.3) is 11.4 Å². The summed E-state index contributed by atoms with van der Waals surface area (Å²) >= 11 is 0. The molecule has 0 atom stereocenters. The summed E-state index contributed by atoms with van der Waals surface area (Å²) in [6.45, 7) is 8.25. The maximum atomic E-state index is 11.3. The lowest BCUT2D eigenvalue weighted by atomic mass is 9.81. The average Bonchev–Trinajstić information content (AvgIpc) is 3.06. The minimum Gasteiger partial charge on any atom is -1.00 e. The number of fused-ring (bicyclic) bond motifs is 2. The minimum atomic E-state index is -0.397. The summed E-state index contributed by atoms with van der Waals surface area (Å²) in [5, 5.41) is 22.5. The van der Waals surface area contributed by atoms with E-state index in [1.807, 2.05) is 32.3 Å². The van der Waals surface area contributed by atoms with Gasteiger partial charge in [-0.2, -0.15) is 4.58 Å². The Labute approximate surface area is 215 Å². The van der Waals surface area contributed by atoms with Crippen LogP contribution < -0.4 is 28.9 Å². The Balaban J connectivity index is 0.00000324. The van der Waals surface area contributed by atoms with Gasteiger partial charge in [-0.3, -0.25) is 20.2 Å². The van der Waals surface area contributed by atoms with Crippen LogP contribution in [0.5, 0.6) is 0 Å². The van der Waals surface area contributed by atoms with Crippen molar-refractivity contribution in [2.24, 2.45) is 0 Å². The second-order valence-corrected chi connectivity index (χ2v) is 9.58. The van der Waals surface area contributed by atoms with Crippen molar-refractivity contribution in [3.05, 3.63) is 91.7 Å². The number of non-ortho nitro benzene ring substituents is 2. The number of hydrogen-bond donors (Lipinski definition) is 0. The van der Waals surface area contributed by atoms with Crippen molar-refractivity contribution in [1.29, 1.82) is 0 Å². The Morgan fingerprint density at radius 1 is 0.912 bits per heavy atom. The van der Waals surface area contributed by atoms with Gasteiger partial charge in [-0.1, -0.05) is 19.9 Å². The van der Waals surface area contributed by atoms with Crippen LogP contribution >= 0.6 is 0 Å². The molecule has 0 aromatic heterocycles. The van der Waals surface area contributed by atoms with Crippen LogP contribution in [0, 0.1) is 20.2 Å². The van der Waals surface area contributed by atoms with Gasteiger partial charge in [0.1, 0.15) is 7.05 Å². The Kier molecular flexibility index (Phi) is 6.47. The lowest BCUT2D eigenvalue weighted by molar-refractivity contribution is -0.402. The van der Waals surface area contributed by atoms with E-state index >= 15 is 0 Å². The van der Waals surface area contributed by atoms with Crippen LogP contribution in [-0.2, 0) is 10.8 Å². The van der Waals surface area contributed by atoms with E-state index in [-0.39, 0.29) is 45.2 Å². The molecule has 0 unspecified atom stereocenters. The molecule has 2 aromatic rings. The molecule has 4 rings (SSSR count). The fourth-order valence-electron chi connectivity index (χ4n) is 5.11. The maximum Gasteiger partial charge on any atom is 0.270 e. The third kappa shape index (κ3) is 3.81. The monoisotopic (exact) mass is 574 g/mol. The predicted molar refractivity (Wildman–Crippen MR) is 129 cm³/mol. The normalized spacial score (nSPS) is 18.8. The third-order valence-electron chi connectivity index (χ3n) is 6.96. The van der Waals surface area contributed by atoms with Crippen LogP contribution in [0.1, 0.15) is 38.8 Å². The summed E-state index contributed by atoms with van der Waals surface area (Å²) in [5.74, 6) is 0. The molecule has 2 heterocycles. The molecule has 0 amide bonds. The Morgan fingerprint density at radius 2 is 1.47 bits per heavy atom. The van der Waals surface area contributed by atoms with Crippen LogP contribution in [0.2, 0.25) is 0 Å². The summed E-state index contributed by atoms with van der Waals surface area (Å²) in [6, 6.07) is 9.97. The maximum absolute atomic E-state index is 11.3. The van der Waals surface area contributed by atoms with Crippen molar-refractivity contribution in [2.45, 2.75) is 38.5 Å². The number of nitrogens with zero attached hydrogens (tertiary/aromatic N) is 4. The zero-order valence-electron chi connectivity index (χ0n) is 20.0. The molecule has 0 saturated heterocycles. The zero-order valence-corrected chi connectivity index (χ0v) is 22.2. The van der Waals surface area contributed by atoms with E-state index in [0.29, 0.717) is 0 Å². The molecule has 9 heteroatoms. The van der Waals surface area contributed by atoms with Gasteiger partial charge < -0.3 is 28.9 Å². The molecule has 2 aliphatic heterocycles. The molecule has 0 spiro atoms. The summed E-state index contributed by atoms with van der Waals surface area (Å²) < 4.78 is 2.07. The highest BCUT2D eigenvalue weighted by atomic mass is 127. The smallest absolute Gasteiger partial charge is 0.270 e. The largest absolute Gasteiger partial charge is 1.00 e. The zero-order chi connectivity index (χ0) is 24.3. The van der Waals surface area contributed by atoms with Crippen LogP contribution in [0.25, 0.3) is 0 Å². The van der Waals surface area contributed by atoms with Crippen LogP contribution in [0.3, 0.4) is 0 Å². The molecule has 2 aliphatic rings. The van der Waals surface area contributed by atoms with Gasteiger partial charge in [0, 0.05) is 65.8 Å². The number of halogens is 1. The highest BCUT2D eigenvalue weighted by molar-refractivity contribution is 6.03. The van der Waals surface area contributed by atoms with Gasteiger partial charge in [-0.05, 0) is 31.6 Å². The molecule has 0 N–H and O–H groups in total. The van der Waals surface area contributed by atoms with Crippen molar-refractivity contribution in [3.8, 4) is 0 Å². The molecular formula is C25H27IN4O4. The lowest BCUT2D eigenvalue weighted by Gasteiger charge is -2.23. The molecule has 2 aromatic carbocycles. The average molecular weight is 574 g/mol. The van der Waals surface area contributed by atoms with Crippen LogP contribution in [0.4, 0.5) is 22.7 Å². The molecule has 34 heavy (non-hydrogen) atoms. The third-order valence-corrected chi connectivity index (χ3v) is 6.96. The number of nitro benzene ring substituents is 2.